The second-order valence-corrected chi connectivity index (χ2v) is 10.4. The smallest absolute Gasteiger partial charge is 0.265 e. The summed E-state index contributed by atoms with van der Waals surface area (Å²) in [7, 11) is -3.85. The van der Waals surface area contributed by atoms with E-state index in [1.807, 2.05) is 19.1 Å². The number of likely N-dealkylation sites (N-methyl/N-ethyl adjacent to an activating group) is 1. The average Bonchev–Trinajstić information content (AvgIpc) is 3.47. The fourth-order valence-electron chi connectivity index (χ4n) is 4.06. The molecule has 11 heteroatoms. The number of ether oxygens (including phenoxy) is 1. The molecule has 176 valence electrons. The molecule has 34 heavy (non-hydrogen) atoms. The standard InChI is InChI=1S/C23H22N4O5S2/c1-2-26-19-12-15(5-10-20(19)32-13-22(26)29)18-14-33-23(24-18)25-34(30,31)17-8-6-16(7-9-17)27-11-3-4-21(27)28/h5-10,12,14H,2-4,11,13H2,1H3,(H,24,25). The van der Waals surface area contributed by atoms with Crippen LogP contribution < -0.4 is 19.3 Å². The van der Waals surface area contributed by atoms with E-state index in [-0.39, 0.29) is 28.4 Å². The molecule has 0 atom stereocenters. The largest absolute Gasteiger partial charge is 0.482 e. The van der Waals surface area contributed by atoms with Gasteiger partial charge in [-0.3, -0.25) is 14.3 Å². The number of carbonyl (C=O) groups is 2. The van der Waals surface area contributed by atoms with Gasteiger partial charge in [0.05, 0.1) is 16.3 Å². The normalized spacial score (nSPS) is 15.9. The first-order valence-corrected chi connectivity index (χ1v) is 13.2. The topological polar surface area (TPSA) is 109 Å². The lowest BCUT2D eigenvalue weighted by atomic mass is 10.1. The summed E-state index contributed by atoms with van der Waals surface area (Å²) < 4.78 is 33.8. The molecule has 2 amide bonds. The number of anilines is 3. The number of benzene rings is 2. The molecule has 0 spiro atoms. The van der Waals surface area contributed by atoms with Gasteiger partial charge in [0.25, 0.3) is 15.9 Å². The van der Waals surface area contributed by atoms with E-state index < -0.39 is 10.0 Å². The Balaban J connectivity index is 1.35. The van der Waals surface area contributed by atoms with Gasteiger partial charge in [0.15, 0.2) is 11.7 Å². The fourth-order valence-corrected chi connectivity index (χ4v) is 6.03. The Labute approximate surface area is 201 Å². The van der Waals surface area contributed by atoms with E-state index in [1.54, 1.807) is 33.4 Å². The van der Waals surface area contributed by atoms with Crippen LogP contribution in [0.25, 0.3) is 11.3 Å². The Bertz CT molecular complexity index is 1370. The zero-order chi connectivity index (χ0) is 23.9. The number of rotatable bonds is 6. The summed E-state index contributed by atoms with van der Waals surface area (Å²) in [6, 6.07) is 11.7. The average molecular weight is 499 g/mol. The molecule has 1 N–H and O–H groups in total. The van der Waals surface area contributed by atoms with Gasteiger partial charge in [-0.25, -0.2) is 13.4 Å². The molecule has 0 unspecified atom stereocenters. The third-order valence-corrected chi connectivity index (χ3v) is 8.01. The molecule has 0 aliphatic carbocycles. The van der Waals surface area contributed by atoms with Gasteiger partial charge < -0.3 is 14.5 Å². The summed E-state index contributed by atoms with van der Waals surface area (Å²) >= 11 is 1.17. The van der Waals surface area contributed by atoms with Crippen LogP contribution in [0.1, 0.15) is 19.8 Å². The first-order chi connectivity index (χ1) is 16.4. The maximum Gasteiger partial charge on any atom is 0.265 e. The first-order valence-electron chi connectivity index (χ1n) is 10.8. The van der Waals surface area contributed by atoms with E-state index in [0.29, 0.717) is 42.3 Å². The highest BCUT2D eigenvalue weighted by Crippen LogP contribution is 2.37. The van der Waals surface area contributed by atoms with Crippen LogP contribution in [0.15, 0.2) is 52.7 Å². The molecule has 1 fully saturated rings. The van der Waals surface area contributed by atoms with Crippen molar-refractivity contribution in [2.75, 3.05) is 34.2 Å². The predicted octanol–water partition coefficient (Wildman–Crippen LogP) is 3.48. The van der Waals surface area contributed by atoms with Crippen molar-refractivity contribution in [1.82, 2.24) is 4.98 Å². The molecule has 2 aliphatic heterocycles. The molecule has 0 bridgehead atoms. The summed E-state index contributed by atoms with van der Waals surface area (Å²) in [4.78, 5) is 31.9. The molecule has 2 aliphatic rings. The van der Waals surface area contributed by atoms with Gasteiger partial charge in [-0.05, 0) is 55.8 Å². The van der Waals surface area contributed by atoms with Crippen molar-refractivity contribution in [2.45, 2.75) is 24.7 Å². The van der Waals surface area contributed by atoms with Crippen molar-refractivity contribution in [3.63, 3.8) is 0 Å². The summed E-state index contributed by atoms with van der Waals surface area (Å²) in [6.07, 6.45) is 1.31. The van der Waals surface area contributed by atoms with Crippen LogP contribution >= 0.6 is 11.3 Å². The number of hydrogen-bond donors (Lipinski definition) is 1. The Kier molecular flexibility index (Phi) is 5.74. The van der Waals surface area contributed by atoms with Crippen LogP contribution in [0, 0.1) is 0 Å². The summed E-state index contributed by atoms with van der Waals surface area (Å²) in [6.45, 7) is 3.07. The third kappa shape index (κ3) is 4.12. The number of nitrogens with one attached hydrogen (secondary N) is 1. The number of nitrogens with zero attached hydrogens (tertiary/aromatic N) is 3. The van der Waals surface area contributed by atoms with Crippen LogP contribution in [-0.4, -0.2) is 44.9 Å². The number of hydrogen-bond acceptors (Lipinski definition) is 7. The molecular weight excluding hydrogens is 476 g/mol. The number of carbonyl (C=O) groups excluding carboxylic acids is 2. The lowest BCUT2D eigenvalue weighted by Crippen LogP contribution is -2.38. The molecular formula is C23H22N4O5S2. The minimum Gasteiger partial charge on any atom is -0.482 e. The van der Waals surface area contributed by atoms with Crippen molar-refractivity contribution < 1.29 is 22.7 Å². The lowest BCUT2D eigenvalue weighted by molar-refractivity contribution is -0.121. The predicted molar refractivity (Wildman–Crippen MR) is 130 cm³/mol. The third-order valence-electron chi connectivity index (χ3n) is 5.77. The van der Waals surface area contributed by atoms with Gasteiger partial charge in [-0.2, -0.15) is 0 Å². The van der Waals surface area contributed by atoms with E-state index in [1.165, 1.54) is 23.5 Å². The van der Waals surface area contributed by atoms with Gasteiger partial charge in [-0.15, -0.1) is 11.3 Å². The van der Waals surface area contributed by atoms with Gasteiger partial charge >= 0.3 is 0 Å². The van der Waals surface area contributed by atoms with Crippen LogP contribution in [0.5, 0.6) is 5.75 Å². The number of thiazole rings is 1. The van der Waals surface area contributed by atoms with Crippen molar-refractivity contribution in [3.8, 4) is 17.0 Å². The van der Waals surface area contributed by atoms with Crippen LogP contribution in [0.3, 0.4) is 0 Å². The van der Waals surface area contributed by atoms with Crippen molar-refractivity contribution in [2.24, 2.45) is 0 Å². The number of sulfonamides is 1. The Morgan fingerprint density at radius 1 is 1.12 bits per heavy atom. The minimum absolute atomic E-state index is 0.0120. The molecule has 0 saturated carbocycles. The monoisotopic (exact) mass is 498 g/mol. The highest BCUT2D eigenvalue weighted by molar-refractivity contribution is 7.93. The van der Waals surface area contributed by atoms with Crippen molar-refractivity contribution in [3.05, 3.63) is 47.8 Å². The van der Waals surface area contributed by atoms with E-state index >= 15 is 0 Å². The SMILES string of the molecule is CCN1C(=O)COc2ccc(-c3csc(NS(=O)(=O)c4ccc(N5CCCC5=O)cc4)n3)cc21. The van der Waals surface area contributed by atoms with Crippen molar-refractivity contribution >= 4 is 49.7 Å². The first kappa shape index (κ1) is 22.4. The lowest BCUT2D eigenvalue weighted by Gasteiger charge is -2.28. The number of aromatic nitrogens is 1. The highest BCUT2D eigenvalue weighted by atomic mass is 32.2. The number of fused-ring (bicyclic) bond motifs is 1. The zero-order valence-electron chi connectivity index (χ0n) is 18.4. The molecule has 3 heterocycles. The van der Waals surface area contributed by atoms with Gasteiger partial charge in [0.2, 0.25) is 5.91 Å². The van der Waals surface area contributed by atoms with E-state index in [4.69, 9.17) is 4.74 Å². The van der Waals surface area contributed by atoms with Crippen LogP contribution in [-0.2, 0) is 19.6 Å². The van der Waals surface area contributed by atoms with Crippen LogP contribution in [0.2, 0.25) is 0 Å². The quantitative estimate of drug-likeness (QED) is 0.557. The summed E-state index contributed by atoms with van der Waals surface area (Å²) in [5, 5.41) is 1.98. The molecule has 0 radical (unpaired) electrons. The Hall–Kier alpha value is -3.44. The van der Waals surface area contributed by atoms with Gasteiger partial charge in [0.1, 0.15) is 5.75 Å². The fraction of sp³-hybridized carbons (Fsp3) is 0.261. The molecule has 1 saturated heterocycles. The Morgan fingerprint density at radius 2 is 1.91 bits per heavy atom. The number of amides is 2. The van der Waals surface area contributed by atoms with E-state index in [0.717, 1.165) is 12.0 Å². The maximum atomic E-state index is 12.9. The van der Waals surface area contributed by atoms with E-state index in [2.05, 4.69) is 9.71 Å². The molecule has 3 aromatic rings. The van der Waals surface area contributed by atoms with Gasteiger partial charge in [-0.1, -0.05) is 0 Å². The zero-order valence-corrected chi connectivity index (χ0v) is 20.0. The molecule has 5 rings (SSSR count). The molecule has 1 aromatic heterocycles. The van der Waals surface area contributed by atoms with Crippen LogP contribution in [0.4, 0.5) is 16.5 Å². The summed E-state index contributed by atoms with van der Waals surface area (Å²) in [5.41, 5.74) is 2.69. The molecule has 9 nitrogen and oxygen atoms in total. The summed E-state index contributed by atoms with van der Waals surface area (Å²) in [5.74, 6) is 0.559. The van der Waals surface area contributed by atoms with E-state index in [9.17, 15) is 18.0 Å². The highest BCUT2D eigenvalue weighted by Gasteiger charge is 2.25. The molecule has 2 aromatic carbocycles. The van der Waals surface area contributed by atoms with Crippen molar-refractivity contribution in [1.29, 1.82) is 0 Å². The van der Waals surface area contributed by atoms with Gasteiger partial charge in [0, 0.05) is 36.1 Å². The maximum absolute atomic E-state index is 12.9. The minimum atomic E-state index is -3.85. The Morgan fingerprint density at radius 3 is 2.62 bits per heavy atom. The second-order valence-electron chi connectivity index (χ2n) is 7.90. The second kappa shape index (κ2) is 8.73.